The first-order chi connectivity index (χ1) is 13.2. The fraction of sp³-hybridized carbons (Fsp3) is 0.381. The van der Waals surface area contributed by atoms with Crippen LogP contribution in [0.1, 0.15) is 37.5 Å². The smallest absolute Gasteiger partial charge is 0.243 e. The number of nitrogens with zero attached hydrogens (tertiary/aromatic N) is 1. The fourth-order valence-electron chi connectivity index (χ4n) is 3.14. The summed E-state index contributed by atoms with van der Waals surface area (Å²) in [6.07, 6.45) is 2.77. The third-order valence-electron chi connectivity index (χ3n) is 4.68. The minimum absolute atomic E-state index is 0.244. The van der Waals surface area contributed by atoms with E-state index in [9.17, 15) is 17.6 Å². The minimum Gasteiger partial charge on any atom is -0.350 e. The number of nitrogens with one attached hydrogen (secondary N) is 1. The standard InChI is InChI=1S/C21H27FN2O3S/c1-5-16-7-8-17(6-2)18(13-16)14-23-21(25)15(3)24(28(4,26)27)20-11-9-19(22)10-12-20/h7-13,15H,5-6,14H2,1-4H3,(H,23,25)/t15-/m0/s1. The summed E-state index contributed by atoms with van der Waals surface area (Å²) in [5, 5.41) is 2.84. The molecule has 2 rings (SSSR count). The van der Waals surface area contributed by atoms with Crippen molar-refractivity contribution in [3.8, 4) is 0 Å². The van der Waals surface area contributed by atoms with Gasteiger partial charge in [0.2, 0.25) is 15.9 Å². The number of halogens is 1. The molecule has 0 aromatic heterocycles. The normalized spacial score (nSPS) is 12.5. The van der Waals surface area contributed by atoms with Crippen molar-refractivity contribution in [1.29, 1.82) is 0 Å². The summed E-state index contributed by atoms with van der Waals surface area (Å²) in [6.45, 7) is 5.96. The van der Waals surface area contributed by atoms with E-state index in [1.54, 1.807) is 0 Å². The van der Waals surface area contributed by atoms with E-state index in [4.69, 9.17) is 0 Å². The lowest BCUT2D eigenvalue weighted by molar-refractivity contribution is -0.122. The molecule has 0 fully saturated rings. The highest BCUT2D eigenvalue weighted by molar-refractivity contribution is 7.92. The molecule has 1 amide bonds. The summed E-state index contributed by atoms with van der Waals surface area (Å²) in [5.74, 6) is -0.893. The largest absolute Gasteiger partial charge is 0.350 e. The van der Waals surface area contributed by atoms with Crippen LogP contribution in [0.4, 0.5) is 10.1 Å². The van der Waals surface area contributed by atoms with Gasteiger partial charge in [-0.2, -0.15) is 0 Å². The van der Waals surface area contributed by atoms with Crippen LogP contribution in [-0.2, 0) is 34.2 Å². The zero-order valence-corrected chi connectivity index (χ0v) is 17.5. The first-order valence-corrected chi connectivity index (χ1v) is 11.2. The molecular weight excluding hydrogens is 379 g/mol. The molecule has 28 heavy (non-hydrogen) atoms. The molecule has 0 radical (unpaired) electrons. The maximum atomic E-state index is 13.2. The lowest BCUT2D eigenvalue weighted by Crippen LogP contribution is -2.47. The van der Waals surface area contributed by atoms with Gasteiger partial charge in [-0.25, -0.2) is 12.8 Å². The monoisotopic (exact) mass is 406 g/mol. The third kappa shape index (κ3) is 5.32. The van der Waals surface area contributed by atoms with E-state index < -0.39 is 27.8 Å². The number of anilines is 1. The highest BCUT2D eigenvalue weighted by Gasteiger charge is 2.29. The van der Waals surface area contributed by atoms with Crippen LogP contribution < -0.4 is 9.62 Å². The summed E-state index contributed by atoms with van der Waals surface area (Å²) in [5.41, 5.74) is 3.59. The number of carbonyl (C=O) groups excluding carboxylic acids is 1. The molecule has 0 unspecified atom stereocenters. The second-order valence-corrected chi connectivity index (χ2v) is 8.60. The molecule has 0 saturated heterocycles. The van der Waals surface area contributed by atoms with E-state index in [0.29, 0.717) is 6.54 Å². The number of rotatable bonds is 8. The van der Waals surface area contributed by atoms with E-state index in [0.717, 1.165) is 34.5 Å². The number of amides is 1. The number of hydrogen-bond acceptors (Lipinski definition) is 3. The maximum Gasteiger partial charge on any atom is 0.243 e. The summed E-state index contributed by atoms with van der Waals surface area (Å²) < 4.78 is 38.8. The van der Waals surface area contributed by atoms with Gasteiger partial charge in [-0.1, -0.05) is 32.0 Å². The Morgan fingerprint density at radius 2 is 1.71 bits per heavy atom. The predicted octanol–water partition coefficient (Wildman–Crippen LogP) is 3.42. The van der Waals surface area contributed by atoms with Crippen LogP contribution in [0.15, 0.2) is 42.5 Å². The molecule has 2 aromatic rings. The molecule has 5 nitrogen and oxygen atoms in total. The summed E-state index contributed by atoms with van der Waals surface area (Å²) in [4.78, 5) is 12.7. The van der Waals surface area contributed by atoms with Gasteiger partial charge in [0, 0.05) is 6.54 Å². The first-order valence-electron chi connectivity index (χ1n) is 9.30. The van der Waals surface area contributed by atoms with Crippen LogP contribution in [0.25, 0.3) is 0 Å². The quantitative estimate of drug-likeness (QED) is 0.730. The van der Waals surface area contributed by atoms with Crippen molar-refractivity contribution < 1.29 is 17.6 Å². The summed E-state index contributed by atoms with van der Waals surface area (Å²) >= 11 is 0. The Hall–Kier alpha value is -2.41. The number of benzene rings is 2. The van der Waals surface area contributed by atoms with Crippen LogP contribution in [0, 0.1) is 5.82 Å². The molecule has 0 spiro atoms. The van der Waals surface area contributed by atoms with Crippen molar-refractivity contribution in [2.75, 3.05) is 10.6 Å². The van der Waals surface area contributed by atoms with Crippen molar-refractivity contribution in [3.63, 3.8) is 0 Å². The molecule has 0 aliphatic rings. The summed E-state index contributed by atoms with van der Waals surface area (Å²) in [6, 6.07) is 10.3. The van der Waals surface area contributed by atoms with Crippen LogP contribution in [0.5, 0.6) is 0 Å². The number of carbonyl (C=O) groups is 1. The highest BCUT2D eigenvalue weighted by Crippen LogP contribution is 2.21. The lowest BCUT2D eigenvalue weighted by atomic mass is 10.0. The van der Waals surface area contributed by atoms with Gasteiger partial charge in [0.1, 0.15) is 11.9 Å². The maximum absolute atomic E-state index is 13.2. The highest BCUT2D eigenvalue weighted by atomic mass is 32.2. The van der Waals surface area contributed by atoms with Gasteiger partial charge < -0.3 is 5.32 Å². The van der Waals surface area contributed by atoms with Crippen LogP contribution in [0.3, 0.4) is 0 Å². The lowest BCUT2D eigenvalue weighted by Gasteiger charge is -2.28. The topological polar surface area (TPSA) is 66.5 Å². The van der Waals surface area contributed by atoms with Gasteiger partial charge in [-0.05, 0) is 60.7 Å². The number of sulfonamides is 1. The van der Waals surface area contributed by atoms with Crippen molar-refractivity contribution in [2.24, 2.45) is 0 Å². The zero-order chi connectivity index (χ0) is 20.9. The van der Waals surface area contributed by atoms with E-state index in [1.165, 1.54) is 36.8 Å². The number of aryl methyl sites for hydroxylation is 2. The molecule has 0 bridgehead atoms. The second-order valence-electron chi connectivity index (χ2n) is 6.74. The average molecular weight is 407 g/mol. The van der Waals surface area contributed by atoms with Crippen LogP contribution in [0.2, 0.25) is 0 Å². The third-order valence-corrected chi connectivity index (χ3v) is 5.92. The first kappa shape index (κ1) is 21.9. The molecule has 1 N–H and O–H groups in total. The van der Waals surface area contributed by atoms with Gasteiger partial charge in [0.15, 0.2) is 0 Å². The van der Waals surface area contributed by atoms with Crippen LogP contribution >= 0.6 is 0 Å². The van der Waals surface area contributed by atoms with Crippen molar-refractivity contribution in [3.05, 3.63) is 65.0 Å². The second kappa shape index (κ2) is 9.19. The van der Waals surface area contributed by atoms with E-state index >= 15 is 0 Å². The van der Waals surface area contributed by atoms with Gasteiger partial charge in [0.05, 0.1) is 11.9 Å². The van der Waals surface area contributed by atoms with Gasteiger partial charge in [-0.15, -0.1) is 0 Å². The van der Waals surface area contributed by atoms with Gasteiger partial charge >= 0.3 is 0 Å². The van der Waals surface area contributed by atoms with Crippen molar-refractivity contribution >= 4 is 21.6 Å². The SMILES string of the molecule is CCc1ccc(CC)c(CNC(=O)[C@H](C)N(c2ccc(F)cc2)S(C)(=O)=O)c1. The Balaban J connectivity index is 2.21. The van der Waals surface area contributed by atoms with Gasteiger partial charge in [0.25, 0.3) is 0 Å². The molecule has 7 heteroatoms. The summed E-state index contributed by atoms with van der Waals surface area (Å²) in [7, 11) is -3.73. The average Bonchev–Trinajstić information content (AvgIpc) is 2.66. The minimum atomic E-state index is -3.73. The van der Waals surface area contributed by atoms with E-state index in [1.807, 2.05) is 0 Å². The molecule has 0 heterocycles. The Bertz CT molecular complexity index is 927. The predicted molar refractivity (Wildman–Crippen MR) is 110 cm³/mol. The molecule has 1 atom stereocenters. The molecule has 2 aromatic carbocycles. The van der Waals surface area contributed by atoms with Crippen molar-refractivity contribution in [1.82, 2.24) is 5.32 Å². The fourth-order valence-corrected chi connectivity index (χ4v) is 4.31. The zero-order valence-electron chi connectivity index (χ0n) is 16.7. The van der Waals surface area contributed by atoms with Crippen molar-refractivity contribution in [2.45, 2.75) is 46.2 Å². The van der Waals surface area contributed by atoms with E-state index in [2.05, 4.69) is 37.4 Å². The molecule has 0 aliphatic heterocycles. The molecule has 0 saturated carbocycles. The van der Waals surface area contributed by atoms with Crippen LogP contribution in [-0.4, -0.2) is 26.6 Å². The Kier molecular flexibility index (Phi) is 7.18. The Labute approximate surface area is 166 Å². The molecular formula is C21H27FN2O3S. The molecule has 0 aliphatic carbocycles. The Morgan fingerprint density at radius 3 is 2.25 bits per heavy atom. The van der Waals surface area contributed by atoms with Gasteiger partial charge in [-0.3, -0.25) is 9.10 Å². The molecule has 152 valence electrons. The van der Waals surface area contributed by atoms with E-state index in [-0.39, 0.29) is 5.69 Å². The Morgan fingerprint density at radius 1 is 1.07 bits per heavy atom. The number of hydrogen-bond donors (Lipinski definition) is 1.